The minimum Gasteiger partial charge on any atom is -0.491 e. The van der Waals surface area contributed by atoms with Gasteiger partial charge in [-0.05, 0) is 83.9 Å². The van der Waals surface area contributed by atoms with Crippen molar-refractivity contribution in [2.75, 3.05) is 25.0 Å². The molecule has 0 aromatic heterocycles. The SMILES string of the molecule is O=S(=O)(O)c1cc(N=Nc2ccc(OCC(O)CCl)cc2)ccc1/C=C/c1ccc(N=Nc2ccc(OCC(O)CCl)cc2)cc1S(=O)(=O)O. The molecule has 0 amide bonds. The van der Waals surface area contributed by atoms with Crippen LogP contribution in [0.4, 0.5) is 22.7 Å². The maximum absolute atomic E-state index is 12.2. The lowest BCUT2D eigenvalue weighted by Gasteiger charge is -2.09. The number of nitrogens with zero attached hydrogens (tertiary/aromatic N) is 4. The summed E-state index contributed by atoms with van der Waals surface area (Å²) < 4.78 is 79.6. The zero-order chi connectivity index (χ0) is 36.3. The Bertz CT molecular complexity index is 1930. The first kappa shape index (κ1) is 38.5. The maximum Gasteiger partial charge on any atom is 0.295 e. The lowest BCUT2D eigenvalue weighted by molar-refractivity contribution is 0.125. The highest BCUT2D eigenvalue weighted by molar-refractivity contribution is 7.86. The zero-order valence-electron chi connectivity index (χ0n) is 25.8. The van der Waals surface area contributed by atoms with Gasteiger partial charge in [-0.15, -0.1) is 23.2 Å². The summed E-state index contributed by atoms with van der Waals surface area (Å²) in [4.78, 5) is -1.06. The van der Waals surface area contributed by atoms with E-state index in [1.165, 1.54) is 36.4 Å². The zero-order valence-corrected chi connectivity index (χ0v) is 29.0. The van der Waals surface area contributed by atoms with Gasteiger partial charge in [0, 0.05) is 0 Å². The largest absolute Gasteiger partial charge is 0.491 e. The smallest absolute Gasteiger partial charge is 0.295 e. The molecular weight excluding hydrogens is 735 g/mol. The van der Waals surface area contributed by atoms with Crippen LogP contribution in [-0.4, -0.2) is 73.3 Å². The molecule has 4 aromatic rings. The Morgan fingerprint density at radius 2 is 0.880 bits per heavy atom. The van der Waals surface area contributed by atoms with Crippen molar-refractivity contribution in [3.05, 3.63) is 96.1 Å². The van der Waals surface area contributed by atoms with Crippen molar-refractivity contribution in [3.63, 3.8) is 0 Å². The summed E-state index contributed by atoms with van der Waals surface area (Å²) in [5, 5.41) is 35.2. The van der Waals surface area contributed by atoms with E-state index in [1.807, 2.05) is 0 Å². The molecule has 2 unspecified atom stereocenters. The second-order valence-electron chi connectivity index (χ2n) is 10.4. The van der Waals surface area contributed by atoms with Crippen molar-refractivity contribution < 1.29 is 45.6 Å². The number of aliphatic hydroxyl groups is 2. The molecule has 0 heterocycles. The molecule has 0 radical (unpaired) electrons. The fourth-order valence-electron chi connectivity index (χ4n) is 4.00. The summed E-state index contributed by atoms with van der Waals surface area (Å²) in [6.45, 7) is 0.0188. The molecular formula is C32H30Cl2N4O10S2. The van der Waals surface area contributed by atoms with Gasteiger partial charge in [-0.1, -0.05) is 24.3 Å². The third-order valence-corrected chi connectivity index (χ3v) is 9.00. The molecule has 0 bridgehead atoms. The number of azo groups is 2. The molecule has 4 rings (SSSR count). The van der Waals surface area contributed by atoms with Crippen LogP contribution < -0.4 is 9.47 Å². The number of ether oxygens (including phenoxy) is 2. The quantitative estimate of drug-likeness (QED) is 0.0391. The number of halogens is 2. The molecule has 50 heavy (non-hydrogen) atoms. The second kappa shape index (κ2) is 17.6. The molecule has 18 heteroatoms. The Labute approximate surface area is 297 Å². The molecule has 0 spiro atoms. The molecule has 0 fully saturated rings. The Morgan fingerprint density at radius 1 is 0.560 bits per heavy atom. The average Bonchev–Trinajstić information content (AvgIpc) is 3.10. The van der Waals surface area contributed by atoms with Crippen LogP contribution in [0.25, 0.3) is 12.2 Å². The standard InChI is InChI=1S/C32H30Cl2N4O10S2/c33-17-27(39)19-47-29-11-7-23(8-12-29)35-37-25-5-3-21(31(15-25)49(41,42)43)1-2-22-4-6-26(16-32(22)50(44,45)46)38-36-24-9-13-30(14-10-24)48-20-28(40)18-34/h1-16,27-28,39-40H,17-20H2,(H,41,42,43)(H,44,45,46)/b2-1+,37-35?,38-36?. The molecule has 14 nitrogen and oxygen atoms in total. The van der Waals surface area contributed by atoms with E-state index in [4.69, 9.17) is 32.7 Å². The molecule has 0 saturated carbocycles. The van der Waals surface area contributed by atoms with Crippen molar-refractivity contribution in [1.82, 2.24) is 0 Å². The van der Waals surface area contributed by atoms with E-state index in [0.717, 1.165) is 12.1 Å². The summed E-state index contributed by atoms with van der Waals surface area (Å²) >= 11 is 11.1. The van der Waals surface area contributed by atoms with Gasteiger partial charge < -0.3 is 19.7 Å². The van der Waals surface area contributed by atoms with Crippen LogP contribution >= 0.6 is 23.2 Å². The Kier molecular flexibility index (Phi) is 13.6. The number of rotatable bonds is 16. The first-order valence-electron chi connectivity index (χ1n) is 14.4. The Hall–Kier alpha value is -4.26. The number of aliphatic hydroxyl groups excluding tert-OH is 2. The average molecular weight is 766 g/mol. The molecule has 0 aliphatic heterocycles. The number of hydrogen-bond donors (Lipinski definition) is 4. The monoisotopic (exact) mass is 764 g/mol. The van der Waals surface area contributed by atoms with Crippen molar-refractivity contribution in [3.8, 4) is 11.5 Å². The van der Waals surface area contributed by atoms with Gasteiger partial charge in [0.05, 0.1) is 34.5 Å². The molecule has 0 aliphatic carbocycles. The van der Waals surface area contributed by atoms with Crippen LogP contribution in [0.3, 0.4) is 0 Å². The van der Waals surface area contributed by atoms with E-state index in [9.17, 15) is 36.2 Å². The van der Waals surface area contributed by atoms with Gasteiger partial charge in [0.2, 0.25) is 0 Å². The summed E-state index contributed by atoms with van der Waals surface area (Å²) in [5.74, 6) is 0.976. The van der Waals surface area contributed by atoms with Crippen LogP contribution in [0, 0.1) is 0 Å². The predicted molar refractivity (Wildman–Crippen MR) is 187 cm³/mol. The number of hydrogen-bond acceptors (Lipinski definition) is 12. The van der Waals surface area contributed by atoms with Gasteiger partial charge in [-0.2, -0.15) is 37.3 Å². The highest BCUT2D eigenvalue weighted by atomic mass is 35.5. The number of benzene rings is 4. The Morgan fingerprint density at radius 3 is 1.20 bits per heavy atom. The predicted octanol–water partition coefficient (Wildman–Crippen LogP) is 7.14. The van der Waals surface area contributed by atoms with Crippen LogP contribution in [0.1, 0.15) is 11.1 Å². The van der Waals surface area contributed by atoms with Crippen LogP contribution in [0.5, 0.6) is 11.5 Å². The highest BCUT2D eigenvalue weighted by Gasteiger charge is 2.18. The van der Waals surface area contributed by atoms with E-state index in [-0.39, 0.29) is 47.5 Å². The third kappa shape index (κ3) is 11.7. The van der Waals surface area contributed by atoms with Gasteiger partial charge >= 0.3 is 0 Å². The van der Waals surface area contributed by atoms with Crippen molar-refractivity contribution in [1.29, 1.82) is 0 Å². The van der Waals surface area contributed by atoms with Crippen LogP contribution in [0.15, 0.2) is 115 Å². The molecule has 0 aliphatic rings. The second-order valence-corrected chi connectivity index (χ2v) is 13.8. The first-order chi connectivity index (χ1) is 23.7. The van der Waals surface area contributed by atoms with Crippen LogP contribution in [0.2, 0.25) is 0 Å². The minimum atomic E-state index is -4.77. The van der Waals surface area contributed by atoms with E-state index in [1.54, 1.807) is 48.5 Å². The topological polar surface area (TPSA) is 217 Å². The van der Waals surface area contributed by atoms with Gasteiger partial charge in [-0.25, -0.2) is 0 Å². The fourth-order valence-corrected chi connectivity index (χ4v) is 5.58. The van der Waals surface area contributed by atoms with E-state index in [2.05, 4.69) is 20.5 Å². The van der Waals surface area contributed by atoms with Gasteiger partial charge in [0.25, 0.3) is 20.2 Å². The fraction of sp³-hybridized carbons (Fsp3) is 0.188. The van der Waals surface area contributed by atoms with Crippen molar-refractivity contribution >= 4 is 78.3 Å². The van der Waals surface area contributed by atoms with E-state index < -0.39 is 42.2 Å². The Balaban J connectivity index is 1.52. The van der Waals surface area contributed by atoms with E-state index >= 15 is 0 Å². The van der Waals surface area contributed by atoms with Crippen LogP contribution in [-0.2, 0) is 20.2 Å². The molecule has 2 atom stereocenters. The van der Waals surface area contributed by atoms with Gasteiger partial charge in [-0.3, -0.25) is 9.11 Å². The molecule has 4 aromatic carbocycles. The highest BCUT2D eigenvalue weighted by Crippen LogP contribution is 2.30. The molecule has 264 valence electrons. The number of alkyl halides is 2. The summed E-state index contributed by atoms with van der Waals surface area (Å²) in [6, 6.07) is 20.4. The lowest BCUT2D eigenvalue weighted by Crippen LogP contribution is -2.18. The van der Waals surface area contributed by atoms with Crippen molar-refractivity contribution in [2.45, 2.75) is 22.0 Å². The molecule has 0 saturated heterocycles. The van der Waals surface area contributed by atoms with E-state index in [0.29, 0.717) is 22.9 Å². The summed E-state index contributed by atoms with van der Waals surface area (Å²) in [5.41, 5.74) is 0.942. The van der Waals surface area contributed by atoms with Gasteiger partial charge in [0.1, 0.15) is 46.7 Å². The maximum atomic E-state index is 12.2. The summed E-state index contributed by atoms with van der Waals surface area (Å²) in [7, 11) is -9.55. The minimum absolute atomic E-state index is 0.00939. The van der Waals surface area contributed by atoms with Gasteiger partial charge in [0.15, 0.2) is 0 Å². The summed E-state index contributed by atoms with van der Waals surface area (Å²) in [6.07, 6.45) is 0.845. The normalized spacial score (nSPS) is 13.6. The first-order valence-corrected chi connectivity index (χ1v) is 18.4. The molecule has 4 N–H and O–H groups in total. The third-order valence-electron chi connectivity index (χ3n) is 6.47. The lowest BCUT2D eigenvalue weighted by atomic mass is 10.1. The van der Waals surface area contributed by atoms with Crippen molar-refractivity contribution in [2.24, 2.45) is 20.5 Å².